The van der Waals surface area contributed by atoms with E-state index in [0.717, 1.165) is 6.20 Å². The molecule has 0 fully saturated rings. The highest BCUT2D eigenvalue weighted by Gasteiger charge is 2.09. The number of H-pyrrole nitrogens is 1. The zero-order chi connectivity index (χ0) is 18.4. The van der Waals surface area contributed by atoms with Gasteiger partial charge in [0.1, 0.15) is 24.4 Å². The summed E-state index contributed by atoms with van der Waals surface area (Å²) < 4.78 is 19.5. The fraction of sp³-hybridized carbons (Fsp3) is 0.0588. The lowest BCUT2D eigenvalue weighted by atomic mass is 10.2. The summed E-state index contributed by atoms with van der Waals surface area (Å²) in [6, 6.07) is 11.5. The summed E-state index contributed by atoms with van der Waals surface area (Å²) in [5.41, 5.74) is 3.07. The van der Waals surface area contributed by atoms with Crippen molar-refractivity contribution in [2.24, 2.45) is 5.10 Å². The molecule has 0 unspecified atom stereocenters. The molecule has 0 bridgehead atoms. The number of hydrogen-bond donors (Lipinski definition) is 2. The molecule has 0 amide bonds. The Bertz CT molecular complexity index is 972. The maximum atomic E-state index is 13.8. The van der Waals surface area contributed by atoms with Gasteiger partial charge in [0.25, 0.3) is 5.56 Å². The number of halogens is 2. The number of benzene rings is 2. The van der Waals surface area contributed by atoms with Crippen LogP contribution in [-0.4, -0.2) is 21.4 Å². The van der Waals surface area contributed by atoms with E-state index >= 15 is 0 Å². The third-order valence-electron chi connectivity index (χ3n) is 3.30. The van der Waals surface area contributed by atoms with Crippen molar-refractivity contribution in [2.45, 2.75) is 6.61 Å². The first kappa shape index (κ1) is 17.6. The van der Waals surface area contributed by atoms with Crippen LogP contribution in [0.4, 0.5) is 10.3 Å². The predicted octanol–water partition coefficient (Wildman–Crippen LogP) is 2.98. The standard InChI is InChI=1S/C17H13ClFN5O2/c18-13-5-3-6-14(19)12(13)10-26-15-7-2-1-4-11(15)8-20-23-17-22-16(25)9-21-24-17/h1-9H,10H2,(H2,22,23,24,25)/b20-8+. The van der Waals surface area contributed by atoms with Gasteiger partial charge in [-0.1, -0.05) is 29.8 Å². The van der Waals surface area contributed by atoms with Crippen LogP contribution >= 0.6 is 11.6 Å². The van der Waals surface area contributed by atoms with E-state index in [1.807, 2.05) is 0 Å². The average Bonchev–Trinajstić information content (AvgIpc) is 2.62. The van der Waals surface area contributed by atoms with Crippen LogP contribution in [0.1, 0.15) is 11.1 Å². The summed E-state index contributed by atoms with van der Waals surface area (Å²) in [5.74, 6) is 0.159. The van der Waals surface area contributed by atoms with E-state index in [4.69, 9.17) is 16.3 Å². The summed E-state index contributed by atoms with van der Waals surface area (Å²) in [6.07, 6.45) is 2.52. The van der Waals surface area contributed by atoms with Crippen molar-refractivity contribution in [3.8, 4) is 5.75 Å². The number of ether oxygens (including phenoxy) is 1. The normalized spacial score (nSPS) is 10.8. The molecule has 2 N–H and O–H groups in total. The molecule has 0 aliphatic rings. The SMILES string of the molecule is O=c1cnnc(N/N=C/c2ccccc2OCc2c(F)cccc2Cl)[nH]1. The van der Waals surface area contributed by atoms with Gasteiger partial charge in [0.2, 0.25) is 5.95 Å². The van der Waals surface area contributed by atoms with E-state index in [9.17, 15) is 9.18 Å². The highest BCUT2D eigenvalue weighted by Crippen LogP contribution is 2.23. The van der Waals surface area contributed by atoms with Gasteiger partial charge in [0.15, 0.2) is 0 Å². The molecule has 0 atom stereocenters. The second-order valence-electron chi connectivity index (χ2n) is 5.08. The molecule has 0 saturated heterocycles. The van der Waals surface area contributed by atoms with Gasteiger partial charge in [-0.15, -0.1) is 10.2 Å². The fourth-order valence-electron chi connectivity index (χ4n) is 2.07. The predicted molar refractivity (Wildman–Crippen MR) is 96.1 cm³/mol. The van der Waals surface area contributed by atoms with Crippen molar-refractivity contribution in [3.05, 3.63) is 81.0 Å². The lowest BCUT2D eigenvalue weighted by Crippen LogP contribution is -2.10. The van der Waals surface area contributed by atoms with Crippen molar-refractivity contribution in [1.82, 2.24) is 15.2 Å². The van der Waals surface area contributed by atoms with Gasteiger partial charge in [-0.05, 0) is 24.3 Å². The Kier molecular flexibility index (Phi) is 5.55. The Labute approximate surface area is 152 Å². The van der Waals surface area contributed by atoms with Crippen LogP contribution in [0.2, 0.25) is 5.02 Å². The van der Waals surface area contributed by atoms with E-state index in [0.29, 0.717) is 16.3 Å². The fourth-order valence-corrected chi connectivity index (χ4v) is 2.28. The van der Waals surface area contributed by atoms with Crippen LogP contribution < -0.4 is 15.7 Å². The number of rotatable bonds is 6. The summed E-state index contributed by atoms with van der Waals surface area (Å²) in [5, 5.41) is 11.4. The smallest absolute Gasteiger partial charge is 0.271 e. The Morgan fingerprint density at radius 2 is 2.12 bits per heavy atom. The average molecular weight is 374 g/mol. The number of para-hydroxylation sites is 1. The Morgan fingerprint density at radius 3 is 2.92 bits per heavy atom. The van der Waals surface area contributed by atoms with Crippen molar-refractivity contribution in [1.29, 1.82) is 0 Å². The minimum Gasteiger partial charge on any atom is -0.488 e. The third-order valence-corrected chi connectivity index (χ3v) is 3.66. The third kappa shape index (κ3) is 4.42. The van der Waals surface area contributed by atoms with Gasteiger partial charge in [0, 0.05) is 11.1 Å². The van der Waals surface area contributed by atoms with Crippen LogP contribution in [0.3, 0.4) is 0 Å². The highest BCUT2D eigenvalue weighted by atomic mass is 35.5. The highest BCUT2D eigenvalue weighted by molar-refractivity contribution is 6.31. The first-order chi connectivity index (χ1) is 12.6. The van der Waals surface area contributed by atoms with Crippen molar-refractivity contribution >= 4 is 23.8 Å². The molecule has 26 heavy (non-hydrogen) atoms. The van der Waals surface area contributed by atoms with Crippen LogP contribution in [-0.2, 0) is 6.61 Å². The second-order valence-corrected chi connectivity index (χ2v) is 5.49. The second kappa shape index (κ2) is 8.21. The largest absolute Gasteiger partial charge is 0.488 e. The summed E-state index contributed by atoms with van der Waals surface area (Å²) in [4.78, 5) is 13.6. The number of nitrogens with zero attached hydrogens (tertiary/aromatic N) is 3. The number of hydrazone groups is 1. The van der Waals surface area contributed by atoms with Gasteiger partial charge >= 0.3 is 0 Å². The van der Waals surface area contributed by atoms with Crippen LogP contribution in [0.15, 0.2) is 58.6 Å². The Morgan fingerprint density at radius 1 is 1.27 bits per heavy atom. The van der Waals surface area contributed by atoms with Gasteiger partial charge in [-0.2, -0.15) is 5.10 Å². The van der Waals surface area contributed by atoms with Gasteiger partial charge in [-0.25, -0.2) is 9.82 Å². The summed E-state index contributed by atoms with van der Waals surface area (Å²) in [6.45, 7) is -0.0265. The topological polar surface area (TPSA) is 92.3 Å². The summed E-state index contributed by atoms with van der Waals surface area (Å²) in [7, 11) is 0. The summed E-state index contributed by atoms with van der Waals surface area (Å²) >= 11 is 6.00. The molecular formula is C17H13ClFN5O2. The van der Waals surface area contributed by atoms with E-state index in [1.165, 1.54) is 18.3 Å². The van der Waals surface area contributed by atoms with Crippen molar-refractivity contribution in [2.75, 3.05) is 5.43 Å². The van der Waals surface area contributed by atoms with Crippen LogP contribution in [0, 0.1) is 5.82 Å². The van der Waals surface area contributed by atoms with Crippen molar-refractivity contribution in [3.63, 3.8) is 0 Å². The molecule has 9 heteroatoms. The molecule has 7 nitrogen and oxygen atoms in total. The van der Waals surface area contributed by atoms with Crippen LogP contribution in [0.25, 0.3) is 0 Å². The van der Waals surface area contributed by atoms with E-state index in [1.54, 1.807) is 30.3 Å². The molecule has 0 aliphatic carbocycles. The molecule has 0 radical (unpaired) electrons. The number of nitrogens with one attached hydrogen (secondary N) is 2. The van der Waals surface area contributed by atoms with Gasteiger partial charge < -0.3 is 4.74 Å². The number of anilines is 1. The van der Waals surface area contributed by atoms with Gasteiger partial charge in [0.05, 0.1) is 11.2 Å². The minimum atomic E-state index is -0.433. The molecule has 0 aliphatic heterocycles. The molecular weight excluding hydrogens is 361 g/mol. The molecule has 2 aromatic carbocycles. The first-order valence-corrected chi connectivity index (χ1v) is 7.87. The Balaban J connectivity index is 1.72. The zero-order valence-corrected chi connectivity index (χ0v) is 14.1. The van der Waals surface area contributed by atoms with Gasteiger partial charge in [-0.3, -0.25) is 9.78 Å². The number of hydrogen-bond acceptors (Lipinski definition) is 6. The molecule has 0 spiro atoms. The number of aromatic nitrogens is 3. The minimum absolute atomic E-state index is 0.0265. The monoisotopic (exact) mass is 373 g/mol. The molecule has 132 valence electrons. The zero-order valence-electron chi connectivity index (χ0n) is 13.3. The lowest BCUT2D eigenvalue weighted by Gasteiger charge is -2.10. The van der Waals surface area contributed by atoms with Crippen molar-refractivity contribution < 1.29 is 9.13 Å². The molecule has 0 saturated carbocycles. The van der Waals surface area contributed by atoms with E-state index in [-0.39, 0.29) is 18.1 Å². The molecule has 3 aromatic rings. The molecule has 1 heterocycles. The van der Waals surface area contributed by atoms with Crippen LogP contribution in [0.5, 0.6) is 5.75 Å². The Hall–Kier alpha value is -3.26. The lowest BCUT2D eigenvalue weighted by molar-refractivity contribution is 0.299. The van der Waals surface area contributed by atoms with E-state index < -0.39 is 11.4 Å². The maximum Gasteiger partial charge on any atom is 0.271 e. The molecule has 1 aromatic heterocycles. The maximum absolute atomic E-state index is 13.8. The number of aromatic amines is 1. The molecule has 3 rings (SSSR count). The quantitative estimate of drug-likeness (QED) is 0.512. The first-order valence-electron chi connectivity index (χ1n) is 7.49. The van der Waals surface area contributed by atoms with E-state index in [2.05, 4.69) is 25.7 Å².